The van der Waals surface area contributed by atoms with Gasteiger partial charge in [0.25, 0.3) is 0 Å². The van der Waals surface area contributed by atoms with Crippen LogP contribution in [0.25, 0.3) is 10.9 Å². The van der Waals surface area contributed by atoms with Crippen LogP contribution in [0.2, 0.25) is 0 Å². The SMILES string of the molecule is CCCC[C@H](NC(=O)[C@H](CC1CCCCC1)NC(=O)C(Cc1cnc[nH]1)NC(=O)CNC(=O)[C@@H](NC(=O)[C@H](C)NC(=O)[C@H](Cc1c[nH]c2ccccc12)NC(=O)[C@H](CCC(N)=O)NC(=O)CCNC(=O)CCNC(=O)CN1CCN(c2ccccn2)CCN(c2ccccn2)CC1)C(C)C)C(N)=O. The van der Waals surface area contributed by atoms with E-state index in [4.69, 9.17) is 11.5 Å². The van der Waals surface area contributed by atoms with Gasteiger partial charge in [-0.1, -0.05) is 96.0 Å². The van der Waals surface area contributed by atoms with Crippen LogP contribution in [0.1, 0.15) is 122 Å². The first-order valence-electron chi connectivity index (χ1n) is 35.6. The van der Waals surface area contributed by atoms with Crippen LogP contribution in [0.15, 0.2) is 91.8 Å². The van der Waals surface area contributed by atoms with E-state index in [1.165, 1.54) is 19.4 Å². The number of hydrogen-bond acceptors (Lipinski definition) is 18. The number of aromatic amines is 2. The maximum absolute atomic E-state index is 14.4. The number of H-pyrrole nitrogens is 2. The Morgan fingerprint density at radius 3 is 1.76 bits per heavy atom. The lowest BCUT2D eigenvalue weighted by Crippen LogP contribution is -2.59. The van der Waals surface area contributed by atoms with Crippen LogP contribution in [0.3, 0.4) is 0 Å². The van der Waals surface area contributed by atoms with Crippen molar-refractivity contribution in [2.75, 3.05) is 75.2 Å². The predicted octanol–water partition coefficient (Wildman–Crippen LogP) is -0.0953. The van der Waals surface area contributed by atoms with E-state index in [1.54, 1.807) is 50.6 Å². The first kappa shape index (κ1) is 79.8. The Kier molecular flexibility index (Phi) is 32.1. The van der Waals surface area contributed by atoms with E-state index in [2.05, 4.69) is 87.9 Å². The van der Waals surface area contributed by atoms with Crippen molar-refractivity contribution < 1.29 is 57.5 Å². The summed E-state index contributed by atoms with van der Waals surface area (Å²) in [5.41, 5.74) is 13.0. The number of rotatable bonds is 39. The topological polar surface area (TPSA) is 457 Å². The van der Waals surface area contributed by atoms with Crippen LogP contribution >= 0.6 is 0 Å². The Bertz CT molecular complexity index is 3560. The molecule has 0 radical (unpaired) electrons. The third-order valence-corrected chi connectivity index (χ3v) is 18.2. The molecule has 7 atom stereocenters. The summed E-state index contributed by atoms with van der Waals surface area (Å²) in [6.45, 7) is 9.66. The van der Waals surface area contributed by atoms with E-state index < -0.39 is 120 Å². The normalized spacial score (nSPS) is 15.7. The van der Waals surface area contributed by atoms with Crippen LogP contribution in [-0.2, 0) is 70.4 Å². The molecule has 5 aromatic rings. The number of amides is 12. The molecule has 1 aliphatic heterocycles. The lowest BCUT2D eigenvalue weighted by Gasteiger charge is -2.29. The first-order valence-corrected chi connectivity index (χ1v) is 35.6. The maximum atomic E-state index is 14.4. The van der Waals surface area contributed by atoms with Gasteiger partial charge in [-0.2, -0.15) is 0 Å². The molecule has 2 fully saturated rings. The molecule has 1 aromatic carbocycles. The van der Waals surface area contributed by atoms with Gasteiger partial charge < -0.3 is 84.4 Å². The fraction of sp³-hybridized carbons (Fsp3) is 0.535. The molecule has 558 valence electrons. The van der Waals surface area contributed by atoms with Crippen molar-refractivity contribution in [3.8, 4) is 0 Å². The highest BCUT2D eigenvalue weighted by atomic mass is 16.2. The number of pyridine rings is 2. The van der Waals surface area contributed by atoms with Crippen LogP contribution in [0.4, 0.5) is 11.6 Å². The van der Waals surface area contributed by atoms with Crippen molar-refractivity contribution in [1.29, 1.82) is 0 Å². The average molecular weight is 1430 g/mol. The number of carbonyl (C=O) groups excluding carboxylic acids is 12. The number of anilines is 2. The number of carbonyl (C=O) groups is 12. The standard InChI is InChI=1S/C71H102N20O12/c1-5-6-19-52(65(73)97)85-69(101)54(37-47-16-8-7-9-17-47)86-70(102)56(39-49-41-74-44-81-49)84-62(95)42-80-71(103)64(45(2)3)88-66(98)46(4)82-68(100)55(38-48-40-79-51-20-11-10-18-50(48)51)87-67(99)53(23-24-57(72)92)83-61(94)26-30-77-60(93)25-29-78-63(96)43-89-31-33-90(58-21-12-14-27-75-58)35-36-91(34-32-89)59-22-13-15-28-76-59/h10-15,18,20-22,27-28,40-41,44-47,52-56,64,79H,5-9,16-17,19,23-26,29-39,42-43H2,1-4H3,(H2,72,92)(H2,73,97)(H,74,81)(H,77,93)(H,78,96)(H,80,103)(H,82,100)(H,83,94)(H,84,95)(H,85,101)(H,86,102)(H,87,99)(H,88,98)/t46-,52-,53-,54-,55-,56?,64-/m0/s1. The highest BCUT2D eigenvalue weighted by Crippen LogP contribution is 2.28. The van der Waals surface area contributed by atoms with E-state index in [0.717, 1.165) is 61.1 Å². The van der Waals surface area contributed by atoms with Gasteiger partial charge in [-0.15, -0.1) is 0 Å². The minimum atomic E-state index is -1.41. The average Bonchev–Trinajstić information content (AvgIpc) is 1.69. The molecule has 16 N–H and O–H groups in total. The Labute approximate surface area is 599 Å². The van der Waals surface area contributed by atoms with E-state index in [0.29, 0.717) is 63.4 Å². The molecule has 12 amide bonds. The second kappa shape index (κ2) is 41.4. The maximum Gasteiger partial charge on any atom is 0.243 e. The van der Waals surface area contributed by atoms with Crippen molar-refractivity contribution in [3.63, 3.8) is 0 Å². The van der Waals surface area contributed by atoms with E-state index in [9.17, 15) is 57.5 Å². The number of hydrogen-bond donors (Lipinski definition) is 14. The molecule has 4 aromatic heterocycles. The zero-order chi connectivity index (χ0) is 74.2. The molecule has 32 nitrogen and oxygen atoms in total. The minimum Gasteiger partial charge on any atom is -0.370 e. The fourth-order valence-electron chi connectivity index (χ4n) is 12.4. The summed E-state index contributed by atoms with van der Waals surface area (Å²) in [4.78, 5) is 188. The second-order valence-corrected chi connectivity index (χ2v) is 26.6. The number of para-hydroxylation sites is 1. The molecule has 103 heavy (non-hydrogen) atoms. The molecule has 0 spiro atoms. The summed E-state index contributed by atoms with van der Waals surface area (Å²) in [6.07, 6.45) is 13.4. The molecular formula is C71H102N20O12. The van der Waals surface area contributed by atoms with Crippen molar-refractivity contribution in [2.24, 2.45) is 23.3 Å². The largest absolute Gasteiger partial charge is 0.370 e. The van der Waals surface area contributed by atoms with Crippen molar-refractivity contribution in [1.82, 2.24) is 83.0 Å². The molecule has 0 bridgehead atoms. The highest BCUT2D eigenvalue weighted by Gasteiger charge is 2.35. The third-order valence-electron chi connectivity index (χ3n) is 18.2. The molecule has 32 heteroatoms. The summed E-state index contributed by atoms with van der Waals surface area (Å²) in [7, 11) is 0. The molecule has 1 saturated carbocycles. The molecule has 5 heterocycles. The van der Waals surface area contributed by atoms with Crippen LogP contribution in [0.5, 0.6) is 0 Å². The fourth-order valence-corrected chi connectivity index (χ4v) is 12.4. The Morgan fingerprint density at radius 1 is 0.553 bits per heavy atom. The van der Waals surface area contributed by atoms with Gasteiger partial charge in [-0.25, -0.2) is 15.0 Å². The summed E-state index contributed by atoms with van der Waals surface area (Å²) in [6, 6.07) is 9.95. The number of fused-ring (bicyclic) bond motifs is 1. The number of unbranched alkanes of at least 4 members (excludes halogenated alkanes) is 1. The molecule has 7 rings (SSSR count). The van der Waals surface area contributed by atoms with Crippen molar-refractivity contribution in [2.45, 2.75) is 166 Å². The quantitative estimate of drug-likeness (QED) is 0.0244. The van der Waals surface area contributed by atoms with E-state index in [-0.39, 0.29) is 76.4 Å². The molecule has 1 unspecified atom stereocenters. The lowest BCUT2D eigenvalue weighted by atomic mass is 9.84. The number of aromatic nitrogens is 5. The van der Waals surface area contributed by atoms with Gasteiger partial charge in [0, 0.05) is 126 Å². The van der Waals surface area contributed by atoms with Crippen molar-refractivity contribution >= 4 is 93.4 Å². The van der Waals surface area contributed by atoms with E-state index >= 15 is 0 Å². The van der Waals surface area contributed by atoms with Gasteiger partial charge in [0.2, 0.25) is 70.9 Å². The van der Waals surface area contributed by atoms with Crippen molar-refractivity contribution in [3.05, 3.63) is 103 Å². The zero-order valence-electron chi connectivity index (χ0n) is 59.3. The number of nitrogens with two attached hydrogens (primary N) is 2. The molecule has 1 aliphatic carbocycles. The number of imidazole rings is 1. The predicted molar refractivity (Wildman–Crippen MR) is 384 cm³/mol. The van der Waals surface area contributed by atoms with E-state index in [1.807, 2.05) is 54.3 Å². The number of benzene rings is 1. The number of primary amides is 2. The van der Waals surface area contributed by atoms with Crippen LogP contribution in [0, 0.1) is 11.8 Å². The van der Waals surface area contributed by atoms with Crippen LogP contribution < -0.4 is 74.4 Å². The molecule has 1 saturated heterocycles. The van der Waals surface area contributed by atoms with Gasteiger partial charge in [-0.3, -0.25) is 62.4 Å². The summed E-state index contributed by atoms with van der Waals surface area (Å²) >= 11 is 0. The smallest absolute Gasteiger partial charge is 0.243 e. The minimum absolute atomic E-state index is 0.0192. The number of nitrogens with one attached hydrogen (secondary N) is 12. The number of nitrogens with zero attached hydrogens (tertiary/aromatic N) is 6. The lowest BCUT2D eigenvalue weighted by molar-refractivity contribution is -0.135. The Hall–Kier alpha value is -10.5. The van der Waals surface area contributed by atoms with Gasteiger partial charge in [0.15, 0.2) is 0 Å². The van der Waals surface area contributed by atoms with Gasteiger partial charge in [0.05, 0.1) is 19.4 Å². The summed E-state index contributed by atoms with van der Waals surface area (Å²) in [5, 5.41) is 27.5. The highest BCUT2D eigenvalue weighted by molar-refractivity contribution is 5.98. The zero-order valence-corrected chi connectivity index (χ0v) is 59.3. The monoisotopic (exact) mass is 1430 g/mol. The van der Waals surface area contributed by atoms with Gasteiger partial charge in [0.1, 0.15) is 53.9 Å². The van der Waals surface area contributed by atoms with Gasteiger partial charge in [-0.05, 0) is 73.9 Å². The first-order chi connectivity index (χ1) is 49.5. The third kappa shape index (κ3) is 26.7. The summed E-state index contributed by atoms with van der Waals surface area (Å²) in [5.74, 6) is -7.12. The molecular weight excluding hydrogens is 1320 g/mol. The summed E-state index contributed by atoms with van der Waals surface area (Å²) < 4.78 is 0. The Morgan fingerprint density at radius 2 is 1.14 bits per heavy atom. The molecule has 2 aliphatic rings. The second-order valence-electron chi connectivity index (χ2n) is 26.6. The van der Waals surface area contributed by atoms with Gasteiger partial charge >= 0.3 is 0 Å². The van der Waals surface area contributed by atoms with Crippen LogP contribution in [-0.4, -0.2) is 208 Å². The Balaban J connectivity index is 0.916.